The van der Waals surface area contributed by atoms with Crippen LogP contribution in [0.5, 0.6) is 11.5 Å². The third kappa shape index (κ3) is 2.62. The molecular formula is C11H14BrFO2. The monoisotopic (exact) mass is 276 g/mol. The van der Waals surface area contributed by atoms with E-state index in [1.807, 2.05) is 0 Å². The summed E-state index contributed by atoms with van der Waals surface area (Å²) in [6.45, 7) is 2.98. The fraction of sp³-hybridized carbons (Fsp3) is 0.455. The first-order valence-electron chi connectivity index (χ1n) is 4.51. The Labute approximate surface area is 97.5 Å². The largest absolute Gasteiger partial charge is 0.496 e. The molecule has 0 saturated heterocycles. The zero-order chi connectivity index (χ0) is 11.6. The van der Waals surface area contributed by atoms with Gasteiger partial charge in [0.1, 0.15) is 17.2 Å². The average Bonchev–Trinajstić information content (AvgIpc) is 2.16. The van der Waals surface area contributed by atoms with Gasteiger partial charge in [-0.25, -0.2) is 4.39 Å². The molecular weight excluding hydrogens is 263 g/mol. The third-order valence-electron chi connectivity index (χ3n) is 2.11. The van der Waals surface area contributed by atoms with Crippen LogP contribution in [0, 0.1) is 0 Å². The highest BCUT2D eigenvalue weighted by Crippen LogP contribution is 2.39. The summed E-state index contributed by atoms with van der Waals surface area (Å²) in [6, 6.07) is 3.35. The Hall–Kier alpha value is -0.770. The molecule has 1 rings (SSSR count). The smallest absolute Gasteiger partial charge is 0.136 e. The van der Waals surface area contributed by atoms with E-state index < -0.39 is 5.67 Å². The summed E-state index contributed by atoms with van der Waals surface area (Å²) in [5.41, 5.74) is -0.946. The number of alkyl halides is 1. The summed E-state index contributed by atoms with van der Waals surface area (Å²) in [5.74, 6) is 1.11. The zero-order valence-corrected chi connectivity index (χ0v) is 10.8. The minimum atomic E-state index is -1.44. The van der Waals surface area contributed by atoms with Crippen molar-refractivity contribution < 1.29 is 13.9 Å². The number of benzene rings is 1. The van der Waals surface area contributed by atoms with E-state index in [1.54, 1.807) is 19.2 Å². The van der Waals surface area contributed by atoms with Crippen LogP contribution in [-0.4, -0.2) is 14.2 Å². The molecule has 0 N–H and O–H groups in total. The normalized spacial score (nSPS) is 11.3. The molecule has 0 radical (unpaired) electrons. The van der Waals surface area contributed by atoms with E-state index in [0.717, 1.165) is 0 Å². The van der Waals surface area contributed by atoms with Crippen LogP contribution in [-0.2, 0) is 5.67 Å². The van der Waals surface area contributed by atoms with Gasteiger partial charge in [0.05, 0.1) is 18.7 Å². The second-order valence-corrected chi connectivity index (χ2v) is 4.51. The summed E-state index contributed by atoms with van der Waals surface area (Å²) in [6.07, 6.45) is 0. The van der Waals surface area contributed by atoms with E-state index in [4.69, 9.17) is 9.47 Å². The van der Waals surface area contributed by atoms with E-state index in [9.17, 15) is 4.39 Å². The first-order chi connectivity index (χ1) is 6.90. The van der Waals surface area contributed by atoms with Gasteiger partial charge in [0.15, 0.2) is 0 Å². The number of methoxy groups -OCH3 is 2. The van der Waals surface area contributed by atoms with Gasteiger partial charge in [0.2, 0.25) is 0 Å². The molecule has 0 aromatic heterocycles. The molecule has 1 aromatic carbocycles. The molecule has 4 heteroatoms. The molecule has 15 heavy (non-hydrogen) atoms. The Morgan fingerprint density at radius 3 is 2.07 bits per heavy atom. The van der Waals surface area contributed by atoms with Crippen molar-refractivity contribution in [3.63, 3.8) is 0 Å². The fourth-order valence-corrected chi connectivity index (χ4v) is 1.83. The predicted octanol–water partition coefficient (Wildman–Crippen LogP) is 3.67. The second-order valence-electron chi connectivity index (χ2n) is 3.66. The summed E-state index contributed by atoms with van der Waals surface area (Å²) in [5, 5.41) is 0. The molecule has 0 aliphatic heterocycles. The molecule has 0 heterocycles. The van der Waals surface area contributed by atoms with Crippen LogP contribution in [0.4, 0.5) is 4.39 Å². The molecule has 1 aromatic rings. The van der Waals surface area contributed by atoms with Crippen LogP contribution >= 0.6 is 15.9 Å². The number of ether oxygens (including phenoxy) is 2. The first kappa shape index (κ1) is 12.3. The summed E-state index contributed by atoms with van der Waals surface area (Å²) in [7, 11) is 3.07. The lowest BCUT2D eigenvalue weighted by molar-refractivity contribution is 0.213. The number of hydrogen-bond donors (Lipinski definition) is 0. The van der Waals surface area contributed by atoms with Gasteiger partial charge in [0, 0.05) is 11.6 Å². The lowest BCUT2D eigenvalue weighted by atomic mass is 9.99. The third-order valence-corrected chi connectivity index (χ3v) is 2.73. The Kier molecular flexibility index (Phi) is 3.60. The van der Waals surface area contributed by atoms with Gasteiger partial charge in [-0.15, -0.1) is 0 Å². The van der Waals surface area contributed by atoms with Crippen molar-refractivity contribution in [1.29, 1.82) is 0 Å². The zero-order valence-electron chi connectivity index (χ0n) is 9.23. The molecule has 0 fully saturated rings. The maximum atomic E-state index is 13.8. The van der Waals surface area contributed by atoms with Crippen LogP contribution in [0.2, 0.25) is 0 Å². The van der Waals surface area contributed by atoms with E-state index in [2.05, 4.69) is 15.9 Å². The molecule has 0 amide bonds. The molecule has 0 unspecified atom stereocenters. The SMILES string of the molecule is COc1cc(OC)c(C(C)(C)F)cc1Br. The van der Waals surface area contributed by atoms with Gasteiger partial charge in [-0.05, 0) is 35.8 Å². The molecule has 84 valence electrons. The summed E-state index contributed by atoms with van der Waals surface area (Å²) < 4.78 is 24.8. The highest BCUT2D eigenvalue weighted by atomic mass is 79.9. The molecule has 0 aliphatic carbocycles. The van der Waals surface area contributed by atoms with Gasteiger partial charge in [0.25, 0.3) is 0 Å². The van der Waals surface area contributed by atoms with Crippen molar-refractivity contribution in [3.05, 3.63) is 22.2 Å². The van der Waals surface area contributed by atoms with Crippen molar-refractivity contribution in [3.8, 4) is 11.5 Å². The Bertz CT molecular complexity index is 358. The first-order valence-corrected chi connectivity index (χ1v) is 5.30. The average molecular weight is 277 g/mol. The molecule has 0 spiro atoms. The second kappa shape index (κ2) is 4.39. The molecule has 0 aliphatic rings. The van der Waals surface area contributed by atoms with Gasteiger partial charge < -0.3 is 9.47 Å². The maximum absolute atomic E-state index is 13.8. The molecule has 2 nitrogen and oxygen atoms in total. The maximum Gasteiger partial charge on any atom is 0.136 e. The number of halogens is 2. The van der Waals surface area contributed by atoms with Crippen molar-refractivity contribution in [1.82, 2.24) is 0 Å². The van der Waals surface area contributed by atoms with Crippen LogP contribution in [0.15, 0.2) is 16.6 Å². The Balaban J connectivity index is 3.34. The lowest BCUT2D eigenvalue weighted by Gasteiger charge is -2.19. The van der Waals surface area contributed by atoms with Crippen molar-refractivity contribution in [2.75, 3.05) is 14.2 Å². The standard InChI is InChI=1S/C11H14BrFO2/c1-11(2,13)7-5-8(12)10(15-4)6-9(7)14-3/h5-6H,1-4H3. The van der Waals surface area contributed by atoms with Gasteiger partial charge >= 0.3 is 0 Å². The van der Waals surface area contributed by atoms with E-state index >= 15 is 0 Å². The molecule has 0 atom stereocenters. The highest BCUT2D eigenvalue weighted by Gasteiger charge is 2.25. The minimum absolute atomic E-state index is 0.488. The summed E-state index contributed by atoms with van der Waals surface area (Å²) >= 11 is 3.32. The topological polar surface area (TPSA) is 18.5 Å². The predicted molar refractivity (Wildman–Crippen MR) is 61.4 cm³/mol. The van der Waals surface area contributed by atoms with Crippen LogP contribution in [0.3, 0.4) is 0 Å². The van der Waals surface area contributed by atoms with Crippen molar-refractivity contribution in [2.45, 2.75) is 19.5 Å². The van der Waals surface area contributed by atoms with E-state index in [0.29, 0.717) is 21.5 Å². The van der Waals surface area contributed by atoms with Gasteiger partial charge in [-0.2, -0.15) is 0 Å². The van der Waals surface area contributed by atoms with Gasteiger partial charge in [-0.1, -0.05) is 0 Å². The van der Waals surface area contributed by atoms with E-state index in [1.165, 1.54) is 21.0 Å². The quantitative estimate of drug-likeness (QED) is 0.839. The number of hydrogen-bond acceptors (Lipinski definition) is 2. The summed E-state index contributed by atoms with van der Waals surface area (Å²) in [4.78, 5) is 0. The van der Waals surface area contributed by atoms with Crippen molar-refractivity contribution >= 4 is 15.9 Å². The lowest BCUT2D eigenvalue weighted by Crippen LogP contribution is -2.11. The minimum Gasteiger partial charge on any atom is -0.496 e. The van der Waals surface area contributed by atoms with Crippen LogP contribution in [0.1, 0.15) is 19.4 Å². The van der Waals surface area contributed by atoms with Crippen LogP contribution < -0.4 is 9.47 Å². The Morgan fingerprint density at radius 1 is 1.13 bits per heavy atom. The highest BCUT2D eigenvalue weighted by molar-refractivity contribution is 9.10. The number of rotatable bonds is 3. The van der Waals surface area contributed by atoms with Crippen molar-refractivity contribution in [2.24, 2.45) is 0 Å². The van der Waals surface area contributed by atoms with Crippen LogP contribution in [0.25, 0.3) is 0 Å². The fourth-order valence-electron chi connectivity index (χ4n) is 1.32. The van der Waals surface area contributed by atoms with Gasteiger partial charge in [-0.3, -0.25) is 0 Å². The Morgan fingerprint density at radius 2 is 1.67 bits per heavy atom. The molecule has 0 saturated carbocycles. The van der Waals surface area contributed by atoms with E-state index in [-0.39, 0.29) is 0 Å². The molecule has 0 bridgehead atoms.